The van der Waals surface area contributed by atoms with E-state index in [1.165, 1.54) is 0 Å². The molecule has 0 aliphatic carbocycles. The van der Waals surface area contributed by atoms with Gasteiger partial charge in [0.15, 0.2) is 9.39 Å². The monoisotopic (exact) mass is 350 g/mol. The predicted molar refractivity (Wildman–Crippen MR) is 78.2 cm³/mol. The van der Waals surface area contributed by atoms with Crippen LogP contribution in [0.5, 0.6) is 5.75 Å². The van der Waals surface area contributed by atoms with Crippen LogP contribution in [-0.2, 0) is 3.61 Å². The highest BCUT2D eigenvalue weighted by molar-refractivity contribution is 14.1. The number of Topliss-reactive ketones (excluding diaryl/α,β-unsaturated/α-hetero) is 1. The number of carbonyl (C=O) groups is 1. The third-order valence-corrected chi connectivity index (χ3v) is 4.28. The Hall–Kier alpha value is -1.36. The molecule has 2 aromatic carbocycles. The molecule has 0 N–H and O–H groups in total. The van der Waals surface area contributed by atoms with Gasteiger partial charge in [-0.2, -0.15) is 0 Å². The third kappa shape index (κ3) is 1.92. The van der Waals surface area contributed by atoms with E-state index < -0.39 is 3.61 Å². The Kier molecular flexibility index (Phi) is 2.86. The minimum Gasteiger partial charge on any atom is -0.471 e. The maximum atomic E-state index is 12.2. The summed E-state index contributed by atoms with van der Waals surface area (Å²) < 4.78 is 5.45. The molecule has 1 unspecified atom stereocenters. The molecule has 1 heterocycles. The maximum Gasteiger partial charge on any atom is 0.191 e. The summed E-state index contributed by atoms with van der Waals surface area (Å²) in [4.78, 5) is 12.2. The van der Waals surface area contributed by atoms with Gasteiger partial charge in [-0.05, 0) is 34.7 Å². The summed E-state index contributed by atoms with van der Waals surface area (Å²) in [5, 5.41) is 0. The number of carbonyl (C=O) groups excluding carboxylic acids is 1. The number of alkyl halides is 1. The summed E-state index contributed by atoms with van der Waals surface area (Å²) in [6.07, 6.45) is 0.370. The molecule has 1 aliphatic rings. The van der Waals surface area contributed by atoms with E-state index in [4.69, 9.17) is 4.74 Å². The quantitative estimate of drug-likeness (QED) is 0.575. The highest BCUT2D eigenvalue weighted by atomic mass is 127. The number of rotatable bonds is 1. The molecule has 2 nitrogen and oxygen atoms in total. The molecule has 0 spiro atoms. The fraction of sp³-hybridized carbons (Fsp3) is 0.133. The van der Waals surface area contributed by atoms with E-state index in [0.717, 1.165) is 5.56 Å². The van der Waals surface area contributed by atoms with Crippen molar-refractivity contribution in [2.24, 2.45) is 0 Å². The van der Waals surface area contributed by atoms with E-state index in [0.29, 0.717) is 17.7 Å². The second-order valence-corrected chi connectivity index (χ2v) is 6.04. The van der Waals surface area contributed by atoms with Gasteiger partial charge in [-0.1, -0.05) is 42.5 Å². The molecule has 0 saturated carbocycles. The average Bonchev–Trinajstić information content (AvgIpc) is 2.40. The van der Waals surface area contributed by atoms with Crippen molar-refractivity contribution in [3.8, 4) is 5.75 Å². The molecule has 1 atom stereocenters. The Labute approximate surface area is 119 Å². The first-order valence-electron chi connectivity index (χ1n) is 5.75. The van der Waals surface area contributed by atoms with Gasteiger partial charge in [0, 0.05) is 5.56 Å². The SMILES string of the molecule is O=C1CC(I)(c2ccccc2)Oc2ccccc21. The normalized spacial score (nSPS) is 22.2. The Balaban J connectivity index is 2.06. The molecule has 0 aromatic heterocycles. The molecule has 0 bridgehead atoms. The van der Waals surface area contributed by atoms with Crippen molar-refractivity contribution in [2.45, 2.75) is 10.0 Å². The van der Waals surface area contributed by atoms with Crippen LogP contribution in [0.2, 0.25) is 0 Å². The molecule has 90 valence electrons. The van der Waals surface area contributed by atoms with Crippen LogP contribution in [0, 0.1) is 0 Å². The van der Waals surface area contributed by atoms with Crippen molar-refractivity contribution in [3.05, 3.63) is 65.7 Å². The zero-order valence-electron chi connectivity index (χ0n) is 9.60. The number of hydrogen-bond donors (Lipinski definition) is 0. The summed E-state index contributed by atoms with van der Waals surface area (Å²) in [5.41, 5.74) is 1.70. The predicted octanol–water partition coefficient (Wildman–Crippen LogP) is 3.94. The van der Waals surface area contributed by atoms with Gasteiger partial charge < -0.3 is 4.74 Å². The van der Waals surface area contributed by atoms with Crippen LogP contribution in [0.25, 0.3) is 0 Å². The fourth-order valence-electron chi connectivity index (χ4n) is 2.15. The van der Waals surface area contributed by atoms with Crippen molar-refractivity contribution in [1.82, 2.24) is 0 Å². The summed E-state index contributed by atoms with van der Waals surface area (Å²) in [5.74, 6) is 0.808. The molecule has 3 rings (SSSR count). The molecule has 18 heavy (non-hydrogen) atoms. The summed E-state index contributed by atoms with van der Waals surface area (Å²) in [6.45, 7) is 0. The molecular formula is C15H11IO2. The van der Waals surface area contributed by atoms with Crippen LogP contribution in [0.4, 0.5) is 0 Å². The van der Waals surface area contributed by atoms with Gasteiger partial charge in [0.1, 0.15) is 5.75 Å². The number of fused-ring (bicyclic) bond motifs is 1. The van der Waals surface area contributed by atoms with Gasteiger partial charge in [0.25, 0.3) is 0 Å². The third-order valence-electron chi connectivity index (χ3n) is 3.05. The maximum absolute atomic E-state index is 12.2. The zero-order chi connectivity index (χ0) is 12.6. The number of halogens is 1. The largest absolute Gasteiger partial charge is 0.471 e. The van der Waals surface area contributed by atoms with E-state index in [-0.39, 0.29) is 5.78 Å². The van der Waals surface area contributed by atoms with Gasteiger partial charge in [0.05, 0.1) is 12.0 Å². The van der Waals surface area contributed by atoms with Crippen LogP contribution in [0.15, 0.2) is 54.6 Å². The van der Waals surface area contributed by atoms with Gasteiger partial charge in [-0.15, -0.1) is 0 Å². The first-order valence-corrected chi connectivity index (χ1v) is 6.83. The first-order chi connectivity index (χ1) is 8.69. The second-order valence-electron chi connectivity index (χ2n) is 4.29. The first kappa shape index (κ1) is 11.7. The number of ether oxygens (including phenoxy) is 1. The van der Waals surface area contributed by atoms with Crippen LogP contribution in [0.3, 0.4) is 0 Å². The van der Waals surface area contributed by atoms with Crippen LogP contribution < -0.4 is 4.74 Å². The van der Waals surface area contributed by atoms with Crippen LogP contribution >= 0.6 is 22.6 Å². The van der Waals surface area contributed by atoms with Gasteiger partial charge in [-0.3, -0.25) is 4.79 Å². The molecule has 0 saturated heterocycles. The number of para-hydroxylation sites is 1. The average molecular weight is 350 g/mol. The molecular weight excluding hydrogens is 339 g/mol. The Morgan fingerprint density at radius 1 is 1.00 bits per heavy atom. The number of benzene rings is 2. The fourth-order valence-corrected chi connectivity index (χ4v) is 3.09. The lowest BCUT2D eigenvalue weighted by Crippen LogP contribution is -2.33. The lowest BCUT2D eigenvalue weighted by Gasteiger charge is -2.33. The van der Waals surface area contributed by atoms with E-state index >= 15 is 0 Å². The lowest BCUT2D eigenvalue weighted by molar-refractivity contribution is 0.0821. The van der Waals surface area contributed by atoms with Crippen molar-refractivity contribution in [3.63, 3.8) is 0 Å². The van der Waals surface area contributed by atoms with E-state index in [9.17, 15) is 4.79 Å². The van der Waals surface area contributed by atoms with E-state index in [1.54, 1.807) is 0 Å². The van der Waals surface area contributed by atoms with Crippen molar-refractivity contribution >= 4 is 28.4 Å². The smallest absolute Gasteiger partial charge is 0.191 e. The van der Waals surface area contributed by atoms with Gasteiger partial charge in [-0.25, -0.2) is 0 Å². The second kappa shape index (κ2) is 4.39. The highest BCUT2D eigenvalue weighted by Gasteiger charge is 2.39. The molecule has 2 aromatic rings. The van der Waals surface area contributed by atoms with Crippen molar-refractivity contribution < 1.29 is 9.53 Å². The van der Waals surface area contributed by atoms with Crippen LogP contribution in [0.1, 0.15) is 22.3 Å². The molecule has 0 radical (unpaired) electrons. The van der Waals surface area contributed by atoms with Crippen molar-refractivity contribution in [1.29, 1.82) is 0 Å². The van der Waals surface area contributed by atoms with Gasteiger partial charge in [0.2, 0.25) is 0 Å². The topological polar surface area (TPSA) is 26.3 Å². The summed E-state index contributed by atoms with van der Waals surface area (Å²) in [7, 11) is 0. The van der Waals surface area contributed by atoms with Crippen molar-refractivity contribution in [2.75, 3.05) is 0 Å². The minimum atomic E-state index is -0.593. The Bertz CT molecular complexity index is 594. The highest BCUT2D eigenvalue weighted by Crippen LogP contribution is 2.43. The minimum absolute atomic E-state index is 0.134. The van der Waals surface area contributed by atoms with Gasteiger partial charge >= 0.3 is 0 Å². The standard InChI is InChI=1S/C15H11IO2/c16-15(11-6-2-1-3-7-11)10-13(17)12-8-4-5-9-14(12)18-15/h1-9H,10H2. The molecule has 1 aliphatic heterocycles. The molecule has 3 heteroatoms. The summed E-state index contributed by atoms with van der Waals surface area (Å²) in [6, 6.07) is 17.3. The Morgan fingerprint density at radius 2 is 1.67 bits per heavy atom. The number of hydrogen-bond acceptors (Lipinski definition) is 2. The molecule has 0 fully saturated rings. The summed E-state index contributed by atoms with van der Waals surface area (Å²) >= 11 is 2.22. The van der Waals surface area contributed by atoms with Crippen LogP contribution in [-0.4, -0.2) is 5.78 Å². The Morgan fingerprint density at radius 3 is 2.44 bits per heavy atom. The lowest BCUT2D eigenvalue weighted by atomic mass is 9.96. The van der Waals surface area contributed by atoms with E-state index in [1.807, 2.05) is 54.6 Å². The number of ketones is 1. The molecule has 0 amide bonds. The zero-order valence-corrected chi connectivity index (χ0v) is 11.8. The van der Waals surface area contributed by atoms with E-state index in [2.05, 4.69) is 22.6 Å².